The minimum atomic E-state index is -0.784. The van der Waals surface area contributed by atoms with Crippen LogP contribution in [0.1, 0.15) is 26.5 Å². The fraction of sp³-hybridized carbons (Fsp3) is 0.700. The summed E-state index contributed by atoms with van der Waals surface area (Å²) in [5.74, 6) is -1.22. The van der Waals surface area contributed by atoms with E-state index < -0.39 is 11.9 Å². The number of carbonyl (C=O) groups is 1. The van der Waals surface area contributed by atoms with Gasteiger partial charge in [-0.05, 0) is 5.41 Å². The second-order valence-corrected chi connectivity index (χ2v) is 4.84. The van der Waals surface area contributed by atoms with Crippen LogP contribution in [0.5, 0.6) is 0 Å². The molecule has 84 valence electrons. The summed E-state index contributed by atoms with van der Waals surface area (Å²) in [4.78, 5) is 11.1. The van der Waals surface area contributed by atoms with E-state index in [1.165, 1.54) is 0 Å². The Morgan fingerprint density at radius 1 is 1.60 bits per heavy atom. The summed E-state index contributed by atoms with van der Waals surface area (Å²) < 4.78 is 1.58. The average molecular weight is 211 g/mol. The lowest BCUT2D eigenvalue weighted by Gasteiger charge is -2.26. The van der Waals surface area contributed by atoms with Crippen molar-refractivity contribution in [3.63, 3.8) is 0 Å². The van der Waals surface area contributed by atoms with Crippen LogP contribution < -0.4 is 0 Å². The van der Waals surface area contributed by atoms with Crippen LogP contribution in [0.3, 0.4) is 0 Å². The highest BCUT2D eigenvalue weighted by atomic mass is 16.4. The number of aliphatic carboxylic acids is 1. The molecule has 1 N–H and O–H groups in total. The first kappa shape index (κ1) is 11.7. The molecule has 0 radical (unpaired) electrons. The van der Waals surface area contributed by atoms with E-state index in [-0.39, 0.29) is 5.41 Å². The number of aryl methyl sites for hydroxylation is 1. The van der Waals surface area contributed by atoms with Crippen molar-refractivity contribution in [3.8, 4) is 0 Å². The Hall–Kier alpha value is -1.39. The van der Waals surface area contributed by atoms with Crippen LogP contribution in [0, 0.1) is 11.3 Å². The molecule has 0 aromatic carbocycles. The first-order chi connectivity index (χ1) is 6.80. The van der Waals surface area contributed by atoms with Crippen LogP contribution in [-0.4, -0.2) is 26.1 Å². The molecule has 5 heteroatoms. The Morgan fingerprint density at radius 3 is 2.53 bits per heavy atom. The van der Waals surface area contributed by atoms with Gasteiger partial charge in [0.15, 0.2) is 0 Å². The van der Waals surface area contributed by atoms with E-state index in [1.807, 2.05) is 20.8 Å². The Balaban J connectivity index is 2.81. The van der Waals surface area contributed by atoms with Crippen molar-refractivity contribution >= 4 is 5.97 Å². The van der Waals surface area contributed by atoms with Crippen molar-refractivity contribution in [3.05, 3.63) is 11.9 Å². The monoisotopic (exact) mass is 211 g/mol. The molecule has 1 atom stereocenters. The maximum absolute atomic E-state index is 11.1. The summed E-state index contributed by atoms with van der Waals surface area (Å²) in [6.07, 6.45) is 2.17. The quantitative estimate of drug-likeness (QED) is 0.813. The number of carboxylic acid groups (broad SMARTS) is 1. The fourth-order valence-corrected chi connectivity index (χ4v) is 1.46. The lowest BCUT2D eigenvalue weighted by atomic mass is 9.78. The maximum atomic E-state index is 11.1. The van der Waals surface area contributed by atoms with Gasteiger partial charge >= 0.3 is 5.97 Å². The molecule has 1 rings (SSSR count). The number of aromatic nitrogens is 3. The zero-order valence-corrected chi connectivity index (χ0v) is 9.56. The molecule has 0 saturated heterocycles. The molecule has 0 aliphatic carbocycles. The zero-order valence-electron chi connectivity index (χ0n) is 9.56. The van der Waals surface area contributed by atoms with Gasteiger partial charge in [0.2, 0.25) is 0 Å². The van der Waals surface area contributed by atoms with E-state index in [0.29, 0.717) is 6.42 Å². The summed E-state index contributed by atoms with van der Waals surface area (Å²) in [6, 6.07) is 0. The van der Waals surface area contributed by atoms with E-state index in [2.05, 4.69) is 10.3 Å². The standard InChI is InChI=1S/C10H17N3O2/c1-10(2,3)8(9(14)15)5-7-6-13(4)12-11-7/h6,8H,5H2,1-4H3,(H,14,15). The van der Waals surface area contributed by atoms with Gasteiger partial charge in [0.05, 0.1) is 11.6 Å². The zero-order chi connectivity index (χ0) is 11.6. The topological polar surface area (TPSA) is 68.0 Å². The molecule has 1 aromatic heterocycles. The van der Waals surface area contributed by atoms with Crippen molar-refractivity contribution in [2.24, 2.45) is 18.4 Å². The number of carboxylic acids is 1. The highest BCUT2D eigenvalue weighted by Crippen LogP contribution is 2.28. The summed E-state index contributed by atoms with van der Waals surface area (Å²) in [6.45, 7) is 5.76. The molecule has 1 aromatic rings. The van der Waals surface area contributed by atoms with Crippen LogP contribution in [0.15, 0.2) is 6.20 Å². The van der Waals surface area contributed by atoms with Crippen molar-refractivity contribution < 1.29 is 9.90 Å². The Morgan fingerprint density at radius 2 is 2.20 bits per heavy atom. The molecule has 15 heavy (non-hydrogen) atoms. The molecule has 0 amide bonds. The SMILES string of the molecule is Cn1cc(CC(C(=O)O)C(C)(C)C)nn1. The normalized spacial score (nSPS) is 13.9. The van der Waals surface area contributed by atoms with Crippen molar-refractivity contribution in [1.82, 2.24) is 15.0 Å². The van der Waals surface area contributed by atoms with Gasteiger partial charge in [0, 0.05) is 19.7 Å². The van der Waals surface area contributed by atoms with Gasteiger partial charge in [-0.25, -0.2) is 0 Å². The smallest absolute Gasteiger partial charge is 0.307 e. The minimum absolute atomic E-state index is 0.274. The van der Waals surface area contributed by atoms with E-state index in [4.69, 9.17) is 5.11 Å². The number of hydrogen-bond donors (Lipinski definition) is 1. The third-order valence-electron chi connectivity index (χ3n) is 2.41. The molecule has 0 saturated carbocycles. The molecular weight excluding hydrogens is 194 g/mol. The highest BCUT2D eigenvalue weighted by molar-refractivity contribution is 5.71. The van der Waals surface area contributed by atoms with Crippen molar-refractivity contribution in [1.29, 1.82) is 0 Å². The molecule has 5 nitrogen and oxygen atoms in total. The second-order valence-electron chi connectivity index (χ2n) is 4.84. The minimum Gasteiger partial charge on any atom is -0.481 e. The lowest BCUT2D eigenvalue weighted by Crippen LogP contribution is -2.30. The van der Waals surface area contributed by atoms with Gasteiger partial charge in [0.25, 0.3) is 0 Å². The fourth-order valence-electron chi connectivity index (χ4n) is 1.46. The van der Waals surface area contributed by atoms with Gasteiger partial charge in [0.1, 0.15) is 0 Å². The largest absolute Gasteiger partial charge is 0.481 e. The van der Waals surface area contributed by atoms with Crippen molar-refractivity contribution in [2.45, 2.75) is 27.2 Å². The molecule has 0 aliphatic heterocycles. The average Bonchev–Trinajstić information content (AvgIpc) is 2.44. The Bertz CT molecular complexity index is 352. The molecule has 1 unspecified atom stereocenters. The molecule has 0 spiro atoms. The van der Waals surface area contributed by atoms with Crippen LogP contribution in [-0.2, 0) is 18.3 Å². The van der Waals surface area contributed by atoms with Gasteiger partial charge in [-0.1, -0.05) is 26.0 Å². The van der Waals surface area contributed by atoms with Crippen LogP contribution in [0.4, 0.5) is 0 Å². The van der Waals surface area contributed by atoms with Gasteiger partial charge in [-0.15, -0.1) is 5.10 Å². The Kier molecular flexibility index (Phi) is 3.12. The summed E-state index contributed by atoms with van der Waals surface area (Å²) >= 11 is 0. The van der Waals surface area contributed by atoms with Crippen LogP contribution in [0.25, 0.3) is 0 Å². The molecular formula is C10H17N3O2. The van der Waals surface area contributed by atoms with E-state index in [9.17, 15) is 4.79 Å². The molecule has 1 heterocycles. The summed E-state index contributed by atoms with van der Waals surface area (Å²) in [5.41, 5.74) is 0.448. The third kappa shape index (κ3) is 3.04. The van der Waals surface area contributed by atoms with Crippen LogP contribution in [0.2, 0.25) is 0 Å². The summed E-state index contributed by atoms with van der Waals surface area (Å²) in [7, 11) is 1.77. The summed E-state index contributed by atoms with van der Waals surface area (Å²) in [5, 5.41) is 16.8. The lowest BCUT2D eigenvalue weighted by molar-refractivity contribution is -0.145. The van der Waals surface area contributed by atoms with Crippen LogP contribution >= 0.6 is 0 Å². The van der Waals surface area contributed by atoms with Gasteiger partial charge in [-0.2, -0.15) is 0 Å². The second kappa shape index (κ2) is 4.00. The molecule has 0 fully saturated rings. The molecule has 0 bridgehead atoms. The number of hydrogen-bond acceptors (Lipinski definition) is 3. The van der Waals surface area contributed by atoms with E-state index >= 15 is 0 Å². The van der Waals surface area contributed by atoms with Gasteiger partial charge < -0.3 is 5.11 Å². The Labute approximate surface area is 89.1 Å². The molecule has 0 aliphatic rings. The van der Waals surface area contributed by atoms with E-state index in [0.717, 1.165) is 5.69 Å². The van der Waals surface area contributed by atoms with E-state index in [1.54, 1.807) is 17.9 Å². The highest BCUT2D eigenvalue weighted by Gasteiger charge is 2.31. The van der Waals surface area contributed by atoms with Crippen molar-refractivity contribution in [2.75, 3.05) is 0 Å². The number of rotatable bonds is 3. The first-order valence-corrected chi connectivity index (χ1v) is 4.88. The predicted octanol–water partition coefficient (Wildman–Crippen LogP) is 1.10. The van der Waals surface area contributed by atoms with Gasteiger partial charge in [-0.3, -0.25) is 9.48 Å². The third-order valence-corrected chi connectivity index (χ3v) is 2.41. The maximum Gasteiger partial charge on any atom is 0.307 e. The number of nitrogens with zero attached hydrogens (tertiary/aromatic N) is 3. The predicted molar refractivity (Wildman–Crippen MR) is 55.3 cm³/mol. The first-order valence-electron chi connectivity index (χ1n) is 4.88.